The number of esters is 1. The van der Waals surface area contributed by atoms with Gasteiger partial charge in [0.15, 0.2) is 6.61 Å². The number of benzene rings is 2. The number of hydrogen-bond donors (Lipinski definition) is 1. The number of nitrogens with one attached hydrogen (secondary N) is 1. The van der Waals surface area contributed by atoms with Crippen LogP contribution in [-0.4, -0.2) is 25.6 Å². The molecule has 2 aromatic carbocycles. The lowest BCUT2D eigenvalue weighted by Gasteiger charge is -2.09. The number of carbonyl (C=O) groups excluding carboxylic acids is 2. The van der Waals surface area contributed by atoms with Crippen LogP contribution in [-0.2, 0) is 16.0 Å². The van der Waals surface area contributed by atoms with E-state index >= 15 is 0 Å². The Morgan fingerprint density at radius 3 is 2.27 bits per heavy atom. The molecule has 0 aliphatic carbocycles. The topological polar surface area (TPSA) is 64.6 Å². The lowest BCUT2D eigenvalue weighted by Crippen LogP contribution is -2.21. The highest BCUT2D eigenvalue weighted by Gasteiger charge is 2.25. The normalized spacial score (nSPS) is 10.5. The van der Waals surface area contributed by atoms with Gasteiger partial charge < -0.3 is 14.8 Å². The standard InChI is InChI=1S/C24H25NO4S/c1-5-17-8-12-19(13-9-17)29-14-20(26)25-23-22(24(27)28-4)21(16(3)30-23)18-10-6-15(2)7-11-18/h6-13H,5,14H2,1-4H3,(H,25,26). The van der Waals surface area contributed by atoms with Crippen molar-refractivity contribution in [1.82, 2.24) is 0 Å². The van der Waals surface area contributed by atoms with Gasteiger partial charge in [-0.1, -0.05) is 48.9 Å². The van der Waals surface area contributed by atoms with E-state index in [1.54, 1.807) is 0 Å². The number of thiophene rings is 1. The van der Waals surface area contributed by atoms with Crippen molar-refractivity contribution in [1.29, 1.82) is 0 Å². The van der Waals surface area contributed by atoms with Gasteiger partial charge in [-0.15, -0.1) is 11.3 Å². The van der Waals surface area contributed by atoms with Gasteiger partial charge in [-0.2, -0.15) is 0 Å². The summed E-state index contributed by atoms with van der Waals surface area (Å²) in [6.07, 6.45) is 0.943. The first-order valence-corrected chi connectivity index (χ1v) is 10.5. The van der Waals surface area contributed by atoms with E-state index in [1.807, 2.05) is 62.4 Å². The van der Waals surface area contributed by atoms with Crippen LogP contribution in [0.3, 0.4) is 0 Å². The van der Waals surface area contributed by atoms with Crippen LogP contribution in [0.1, 0.15) is 33.3 Å². The van der Waals surface area contributed by atoms with Gasteiger partial charge in [0.1, 0.15) is 16.3 Å². The first-order valence-electron chi connectivity index (χ1n) is 9.73. The van der Waals surface area contributed by atoms with E-state index in [1.165, 1.54) is 24.0 Å². The molecule has 1 aromatic heterocycles. The Balaban J connectivity index is 1.80. The molecule has 0 bridgehead atoms. The van der Waals surface area contributed by atoms with Crippen molar-refractivity contribution >= 4 is 28.2 Å². The Morgan fingerprint density at radius 2 is 1.67 bits per heavy atom. The molecule has 1 heterocycles. The number of methoxy groups -OCH3 is 1. The van der Waals surface area contributed by atoms with E-state index < -0.39 is 5.97 Å². The molecule has 156 valence electrons. The van der Waals surface area contributed by atoms with Gasteiger partial charge in [0, 0.05) is 10.4 Å². The third kappa shape index (κ3) is 4.89. The first-order chi connectivity index (χ1) is 14.4. The first kappa shape index (κ1) is 21.6. The average molecular weight is 424 g/mol. The van der Waals surface area contributed by atoms with Crippen molar-refractivity contribution in [2.45, 2.75) is 27.2 Å². The van der Waals surface area contributed by atoms with Crippen LogP contribution in [0.5, 0.6) is 5.75 Å². The molecule has 0 unspecified atom stereocenters. The van der Waals surface area contributed by atoms with Crippen molar-refractivity contribution in [3.05, 3.63) is 70.1 Å². The van der Waals surface area contributed by atoms with Gasteiger partial charge >= 0.3 is 5.97 Å². The van der Waals surface area contributed by atoms with E-state index in [0.717, 1.165) is 28.0 Å². The third-order valence-electron chi connectivity index (χ3n) is 4.77. The summed E-state index contributed by atoms with van der Waals surface area (Å²) in [5, 5.41) is 3.28. The molecule has 1 N–H and O–H groups in total. The van der Waals surface area contributed by atoms with E-state index in [4.69, 9.17) is 9.47 Å². The molecule has 0 saturated carbocycles. The largest absolute Gasteiger partial charge is 0.484 e. The predicted molar refractivity (Wildman–Crippen MR) is 121 cm³/mol. The smallest absolute Gasteiger partial charge is 0.341 e. The fraction of sp³-hybridized carbons (Fsp3) is 0.250. The van der Waals surface area contributed by atoms with Crippen LogP contribution in [0.4, 0.5) is 5.00 Å². The average Bonchev–Trinajstić information content (AvgIpc) is 3.08. The van der Waals surface area contributed by atoms with Gasteiger partial charge in [-0.25, -0.2) is 4.79 Å². The van der Waals surface area contributed by atoms with Crippen molar-refractivity contribution < 1.29 is 19.1 Å². The van der Waals surface area contributed by atoms with E-state index in [0.29, 0.717) is 16.3 Å². The fourth-order valence-corrected chi connectivity index (χ4v) is 4.21. The number of hydrogen-bond acceptors (Lipinski definition) is 5. The SMILES string of the molecule is CCc1ccc(OCC(=O)Nc2sc(C)c(-c3ccc(C)cc3)c2C(=O)OC)cc1. The molecular formula is C24H25NO4S. The molecule has 0 aliphatic rings. The van der Waals surface area contributed by atoms with Crippen LogP contribution < -0.4 is 10.1 Å². The maximum Gasteiger partial charge on any atom is 0.341 e. The van der Waals surface area contributed by atoms with Gasteiger partial charge in [-0.05, 0) is 43.5 Å². The highest BCUT2D eigenvalue weighted by atomic mass is 32.1. The zero-order valence-electron chi connectivity index (χ0n) is 17.6. The number of ether oxygens (including phenoxy) is 2. The Bertz CT molecular complexity index is 1040. The highest BCUT2D eigenvalue weighted by molar-refractivity contribution is 7.17. The fourth-order valence-electron chi connectivity index (χ4n) is 3.13. The predicted octanol–water partition coefficient (Wildman–Crippen LogP) is 5.40. The summed E-state index contributed by atoms with van der Waals surface area (Å²) in [6.45, 7) is 5.86. The molecule has 30 heavy (non-hydrogen) atoms. The summed E-state index contributed by atoms with van der Waals surface area (Å²) in [5.74, 6) is -0.198. The molecule has 6 heteroatoms. The number of rotatable bonds is 7. The maximum atomic E-state index is 12.5. The van der Waals surface area contributed by atoms with Crippen molar-refractivity contribution in [3.8, 4) is 16.9 Å². The summed E-state index contributed by atoms with van der Waals surface area (Å²) in [7, 11) is 1.34. The Kier molecular flexibility index (Phi) is 6.90. The summed E-state index contributed by atoms with van der Waals surface area (Å²) >= 11 is 1.35. The summed E-state index contributed by atoms with van der Waals surface area (Å²) in [4.78, 5) is 25.9. The molecule has 3 aromatic rings. The minimum Gasteiger partial charge on any atom is -0.484 e. The number of anilines is 1. The highest BCUT2D eigenvalue weighted by Crippen LogP contribution is 2.40. The van der Waals surface area contributed by atoms with Crippen LogP contribution in [0, 0.1) is 13.8 Å². The van der Waals surface area contributed by atoms with E-state index in [-0.39, 0.29) is 12.5 Å². The monoisotopic (exact) mass is 423 g/mol. The second-order valence-corrected chi connectivity index (χ2v) is 8.15. The summed E-state index contributed by atoms with van der Waals surface area (Å²) in [6, 6.07) is 15.5. The van der Waals surface area contributed by atoms with Gasteiger partial charge in [-0.3, -0.25) is 4.79 Å². The van der Waals surface area contributed by atoms with Crippen LogP contribution >= 0.6 is 11.3 Å². The Hall–Kier alpha value is -3.12. The summed E-state index contributed by atoms with van der Waals surface area (Å²) < 4.78 is 10.6. The summed E-state index contributed by atoms with van der Waals surface area (Å²) in [5.41, 5.74) is 4.38. The zero-order chi connectivity index (χ0) is 21.7. The Labute approximate surface area is 180 Å². The maximum absolute atomic E-state index is 12.5. The minimum absolute atomic E-state index is 0.150. The molecule has 1 amide bonds. The third-order valence-corrected chi connectivity index (χ3v) is 5.79. The van der Waals surface area contributed by atoms with Crippen LogP contribution in [0.15, 0.2) is 48.5 Å². The molecule has 5 nitrogen and oxygen atoms in total. The van der Waals surface area contributed by atoms with Crippen molar-refractivity contribution in [3.63, 3.8) is 0 Å². The van der Waals surface area contributed by atoms with Crippen LogP contribution in [0.25, 0.3) is 11.1 Å². The minimum atomic E-state index is -0.485. The molecular weight excluding hydrogens is 398 g/mol. The molecule has 0 radical (unpaired) electrons. The van der Waals surface area contributed by atoms with Gasteiger partial charge in [0.2, 0.25) is 0 Å². The van der Waals surface area contributed by atoms with Gasteiger partial charge in [0.05, 0.1) is 7.11 Å². The van der Waals surface area contributed by atoms with Crippen molar-refractivity contribution in [2.24, 2.45) is 0 Å². The zero-order valence-corrected chi connectivity index (χ0v) is 18.4. The molecule has 0 aliphatic heterocycles. The molecule has 0 atom stereocenters. The van der Waals surface area contributed by atoms with Crippen LogP contribution in [0.2, 0.25) is 0 Å². The van der Waals surface area contributed by atoms with E-state index in [9.17, 15) is 9.59 Å². The lowest BCUT2D eigenvalue weighted by molar-refractivity contribution is -0.118. The van der Waals surface area contributed by atoms with Gasteiger partial charge in [0.25, 0.3) is 5.91 Å². The Morgan fingerprint density at radius 1 is 1.00 bits per heavy atom. The quantitative estimate of drug-likeness (QED) is 0.517. The molecule has 0 saturated heterocycles. The molecule has 3 rings (SSSR count). The number of aryl methyl sites for hydroxylation is 3. The second kappa shape index (κ2) is 9.59. The van der Waals surface area contributed by atoms with Crippen molar-refractivity contribution in [2.75, 3.05) is 19.0 Å². The number of amides is 1. The number of carbonyl (C=O) groups is 2. The molecule has 0 fully saturated rings. The lowest BCUT2D eigenvalue weighted by atomic mass is 10.0. The van der Waals surface area contributed by atoms with E-state index in [2.05, 4.69) is 12.2 Å². The second-order valence-electron chi connectivity index (χ2n) is 6.93. The molecule has 0 spiro atoms.